The minimum Gasteiger partial charge on any atom is -0.478 e. The van der Waals surface area contributed by atoms with Gasteiger partial charge < -0.3 is 15.4 Å². The number of H-pyrrole nitrogens is 1. The summed E-state index contributed by atoms with van der Waals surface area (Å²) in [6.45, 7) is 1.93. The van der Waals surface area contributed by atoms with Crippen molar-refractivity contribution in [1.29, 1.82) is 0 Å². The summed E-state index contributed by atoms with van der Waals surface area (Å²) in [5.74, 6) is -1.19. The Kier molecular flexibility index (Phi) is 4.31. The molecular weight excluding hydrogens is 464 g/mol. The van der Waals surface area contributed by atoms with Crippen molar-refractivity contribution < 1.29 is 14.7 Å². The third-order valence-electron chi connectivity index (χ3n) is 5.06. The maximum Gasteiger partial charge on any atom is 0.338 e. The molecule has 134 valence electrons. The maximum absolute atomic E-state index is 12.6. The van der Waals surface area contributed by atoms with Crippen LogP contribution >= 0.6 is 31.9 Å². The molecule has 1 aliphatic heterocycles. The fraction of sp³-hybridized carbons (Fsp3) is 0.263. The van der Waals surface area contributed by atoms with Crippen LogP contribution in [-0.2, 0) is 17.6 Å². The summed E-state index contributed by atoms with van der Waals surface area (Å²) < 4.78 is 1.67. The molecule has 4 rings (SSSR count). The molecule has 26 heavy (non-hydrogen) atoms. The number of rotatable bonds is 2. The number of carboxylic acid groups (broad SMARTS) is 1. The molecule has 1 aliphatic carbocycles. The molecule has 7 heteroatoms. The van der Waals surface area contributed by atoms with Crippen LogP contribution in [-0.4, -0.2) is 22.0 Å². The molecule has 0 radical (unpaired) electrons. The molecule has 0 bridgehead atoms. The Labute approximate surface area is 167 Å². The normalized spacial score (nSPS) is 17.2. The van der Waals surface area contributed by atoms with Crippen molar-refractivity contribution in [1.82, 2.24) is 4.98 Å². The van der Waals surface area contributed by atoms with Crippen LogP contribution < -0.4 is 5.32 Å². The lowest BCUT2D eigenvalue weighted by molar-refractivity contribution is -0.110. The van der Waals surface area contributed by atoms with Crippen LogP contribution in [0.1, 0.15) is 51.3 Å². The van der Waals surface area contributed by atoms with Gasteiger partial charge in [-0.15, -0.1) is 0 Å². The van der Waals surface area contributed by atoms with E-state index < -0.39 is 5.97 Å². The fourth-order valence-electron chi connectivity index (χ4n) is 3.81. The molecule has 2 aromatic rings. The highest BCUT2D eigenvalue weighted by molar-refractivity contribution is 9.11. The van der Waals surface area contributed by atoms with E-state index in [4.69, 9.17) is 0 Å². The smallest absolute Gasteiger partial charge is 0.338 e. The van der Waals surface area contributed by atoms with Crippen molar-refractivity contribution in [2.24, 2.45) is 0 Å². The Morgan fingerprint density at radius 3 is 2.69 bits per heavy atom. The van der Waals surface area contributed by atoms with Crippen molar-refractivity contribution in [3.05, 3.63) is 48.7 Å². The zero-order chi connectivity index (χ0) is 18.6. The van der Waals surface area contributed by atoms with Crippen LogP contribution in [0.15, 0.2) is 15.0 Å². The van der Waals surface area contributed by atoms with E-state index in [1.165, 1.54) is 0 Å². The van der Waals surface area contributed by atoms with Gasteiger partial charge in [-0.05, 0) is 71.8 Å². The highest BCUT2D eigenvalue weighted by atomic mass is 79.9. The summed E-state index contributed by atoms with van der Waals surface area (Å²) in [5.41, 5.74) is 5.56. The number of hydrogen-bond donors (Lipinski definition) is 3. The van der Waals surface area contributed by atoms with Crippen molar-refractivity contribution in [3.8, 4) is 0 Å². The predicted octanol–water partition coefficient (Wildman–Crippen LogP) is 4.92. The molecule has 2 heterocycles. The minimum atomic E-state index is -0.956. The Morgan fingerprint density at radius 2 is 1.96 bits per heavy atom. The predicted molar refractivity (Wildman–Crippen MR) is 107 cm³/mol. The number of benzene rings is 1. The third kappa shape index (κ3) is 2.65. The van der Waals surface area contributed by atoms with E-state index in [1.54, 1.807) is 6.08 Å². The Balaban J connectivity index is 1.93. The van der Waals surface area contributed by atoms with Crippen LogP contribution in [0.3, 0.4) is 0 Å². The molecule has 3 N–H and O–H groups in total. The zero-order valence-corrected chi connectivity index (χ0v) is 17.2. The number of amides is 1. The minimum absolute atomic E-state index is 0.231. The molecule has 1 amide bonds. The second kappa shape index (κ2) is 6.39. The number of hydrogen-bond acceptors (Lipinski definition) is 2. The lowest BCUT2D eigenvalue weighted by Gasteiger charge is -2.10. The molecule has 0 saturated carbocycles. The largest absolute Gasteiger partial charge is 0.478 e. The second-order valence-corrected chi connectivity index (χ2v) is 8.32. The Hall–Kier alpha value is -1.86. The van der Waals surface area contributed by atoms with Gasteiger partial charge in [-0.3, -0.25) is 4.79 Å². The first-order valence-corrected chi connectivity index (χ1v) is 9.96. The van der Waals surface area contributed by atoms with Gasteiger partial charge in [-0.1, -0.05) is 15.9 Å². The van der Waals surface area contributed by atoms with Crippen LogP contribution in [0.4, 0.5) is 5.69 Å². The standard InChI is InChI=1S/C19H16Br2N2O3/c1-8-11(20)7-12(21)17-15(8)10(18(24)23-17)6-14-16(19(25)26)9-4-2-3-5-13(9)22-14/h6-7,22H,2-5H2,1H3,(H,23,24)(H,25,26). The summed E-state index contributed by atoms with van der Waals surface area (Å²) in [7, 11) is 0. The number of aromatic carboxylic acids is 1. The van der Waals surface area contributed by atoms with Crippen LogP contribution in [0.5, 0.6) is 0 Å². The molecule has 1 aromatic carbocycles. The van der Waals surface area contributed by atoms with Gasteiger partial charge in [0.25, 0.3) is 5.91 Å². The van der Waals surface area contributed by atoms with Gasteiger partial charge in [0.15, 0.2) is 0 Å². The fourth-order valence-corrected chi connectivity index (χ4v) is 5.07. The lowest BCUT2D eigenvalue weighted by atomic mass is 9.94. The van der Waals surface area contributed by atoms with E-state index >= 15 is 0 Å². The summed E-state index contributed by atoms with van der Waals surface area (Å²) in [4.78, 5) is 27.7. The van der Waals surface area contributed by atoms with E-state index in [-0.39, 0.29) is 5.91 Å². The maximum atomic E-state index is 12.6. The van der Waals surface area contributed by atoms with Gasteiger partial charge in [0.1, 0.15) is 0 Å². The van der Waals surface area contributed by atoms with Gasteiger partial charge in [-0.2, -0.15) is 0 Å². The molecule has 1 aromatic heterocycles. The molecule has 0 unspecified atom stereocenters. The van der Waals surface area contributed by atoms with Gasteiger partial charge in [0.2, 0.25) is 0 Å². The number of aromatic nitrogens is 1. The van der Waals surface area contributed by atoms with E-state index in [0.29, 0.717) is 16.8 Å². The van der Waals surface area contributed by atoms with Gasteiger partial charge in [0, 0.05) is 20.2 Å². The summed E-state index contributed by atoms with van der Waals surface area (Å²) >= 11 is 7.00. The Bertz CT molecular complexity index is 1000. The van der Waals surface area contributed by atoms with Crippen molar-refractivity contribution in [3.63, 3.8) is 0 Å². The van der Waals surface area contributed by atoms with Crippen LogP contribution in [0.25, 0.3) is 11.6 Å². The van der Waals surface area contributed by atoms with E-state index in [1.807, 2.05) is 13.0 Å². The monoisotopic (exact) mass is 478 g/mol. The van der Waals surface area contributed by atoms with Crippen molar-refractivity contribution in [2.45, 2.75) is 32.6 Å². The summed E-state index contributed by atoms with van der Waals surface area (Å²) in [5, 5.41) is 12.6. The molecule has 0 fully saturated rings. The average molecular weight is 480 g/mol. The van der Waals surface area contributed by atoms with Crippen LogP contribution in [0.2, 0.25) is 0 Å². The molecule has 0 saturated heterocycles. The number of aromatic amines is 1. The second-order valence-electron chi connectivity index (χ2n) is 6.61. The third-order valence-corrected chi connectivity index (χ3v) is 6.50. The van der Waals surface area contributed by atoms with Gasteiger partial charge in [-0.25, -0.2) is 4.79 Å². The zero-order valence-electron chi connectivity index (χ0n) is 14.0. The number of aryl methyl sites for hydroxylation is 1. The van der Waals surface area contributed by atoms with Gasteiger partial charge >= 0.3 is 5.97 Å². The number of fused-ring (bicyclic) bond motifs is 2. The number of carbonyl (C=O) groups is 2. The molecule has 2 aliphatic rings. The van der Waals surface area contributed by atoms with Crippen molar-refractivity contribution >= 4 is 61.1 Å². The molecular formula is C19H16Br2N2O3. The first-order valence-electron chi connectivity index (χ1n) is 8.37. The number of halogens is 2. The number of carboxylic acids is 1. The summed E-state index contributed by atoms with van der Waals surface area (Å²) in [6.07, 6.45) is 5.32. The van der Waals surface area contributed by atoms with Gasteiger partial charge in [0.05, 0.1) is 22.5 Å². The number of carbonyl (C=O) groups excluding carboxylic acids is 1. The Morgan fingerprint density at radius 1 is 1.23 bits per heavy atom. The van der Waals surface area contributed by atoms with E-state index in [9.17, 15) is 14.7 Å². The average Bonchev–Trinajstić information content (AvgIpc) is 3.11. The van der Waals surface area contributed by atoms with Crippen molar-refractivity contribution in [2.75, 3.05) is 5.32 Å². The highest BCUT2D eigenvalue weighted by Gasteiger charge is 2.31. The summed E-state index contributed by atoms with van der Waals surface area (Å²) in [6, 6.07) is 1.90. The van der Waals surface area contributed by atoms with E-state index in [2.05, 4.69) is 42.2 Å². The molecule has 0 spiro atoms. The number of nitrogens with one attached hydrogen (secondary N) is 2. The topological polar surface area (TPSA) is 82.2 Å². The quantitative estimate of drug-likeness (QED) is 0.534. The first-order chi connectivity index (χ1) is 12.4. The first kappa shape index (κ1) is 17.5. The van der Waals surface area contributed by atoms with E-state index in [0.717, 1.165) is 62.7 Å². The number of anilines is 1. The van der Waals surface area contributed by atoms with Crippen LogP contribution in [0, 0.1) is 6.92 Å². The molecule has 0 atom stereocenters. The molecule has 5 nitrogen and oxygen atoms in total. The highest BCUT2D eigenvalue weighted by Crippen LogP contribution is 2.43. The lowest BCUT2D eigenvalue weighted by Crippen LogP contribution is -2.07. The SMILES string of the molecule is Cc1c(Br)cc(Br)c2c1C(=Cc1[nH]c3c(c1C(=O)O)CCCC3)C(=O)N2.